The van der Waals surface area contributed by atoms with Gasteiger partial charge in [-0.2, -0.15) is 0 Å². The van der Waals surface area contributed by atoms with Gasteiger partial charge in [0.1, 0.15) is 0 Å². The van der Waals surface area contributed by atoms with E-state index in [0.717, 1.165) is 28.9 Å². The smallest absolute Gasteiger partial charge is 0.251 e. The lowest BCUT2D eigenvalue weighted by Crippen LogP contribution is -2.31. The summed E-state index contributed by atoms with van der Waals surface area (Å²) in [6, 6.07) is 7.82. The maximum Gasteiger partial charge on any atom is 0.251 e. The molecule has 2 aromatic rings. The van der Waals surface area contributed by atoms with Crippen LogP contribution in [-0.2, 0) is 0 Å². The Labute approximate surface area is 119 Å². The highest BCUT2D eigenvalue weighted by atomic mass is 16.1. The van der Waals surface area contributed by atoms with Crippen molar-refractivity contribution in [1.29, 1.82) is 0 Å². The van der Waals surface area contributed by atoms with Gasteiger partial charge in [0.25, 0.3) is 5.91 Å². The van der Waals surface area contributed by atoms with Crippen molar-refractivity contribution in [1.82, 2.24) is 10.3 Å². The van der Waals surface area contributed by atoms with E-state index in [2.05, 4.69) is 17.2 Å². The van der Waals surface area contributed by atoms with Gasteiger partial charge in [-0.05, 0) is 48.3 Å². The number of fused-ring (bicyclic) bond motifs is 1. The van der Waals surface area contributed by atoms with Crippen molar-refractivity contribution in [3.05, 3.63) is 36.0 Å². The van der Waals surface area contributed by atoms with Crippen LogP contribution in [0.25, 0.3) is 10.9 Å². The van der Waals surface area contributed by atoms with Crippen molar-refractivity contribution >= 4 is 16.8 Å². The standard InChI is InChI=1S/C17H22N2O/c1-12-2-4-13(5-3-12)11-19-17(20)15-7-6-14-8-9-18-16(14)10-15/h6-10,12-13,18H,2-5,11H2,1H3,(H,19,20). The van der Waals surface area contributed by atoms with Crippen LogP contribution in [-0.4, -0.2) is 17.4 Å². The number of aromatic nitrogens is 1. The topological polar surface area (TPSA) is 44.9 Å². The lowest BCUT2D eigenvalue weighted by molar-refractivity contribution is 0.0942. The Bertz CT molecular complexity index is 594. The zero-order valence-electron chi connectivity index (χ0n) is 12.0. The number of nitrogens with one attached hydrogen (secondary N) is 2. The van der Waals surface area contributed by atoms with E-state index in [1.165, 1.54) is 25.7 Å². The highest BCUT2D eigenvalue weighted by Gasteiger charge is 2.18. The van der Waals surface area contributed by atoms with Crippen LogP contribution in [0.2, 0.25) is 0 Å². The number of aromatic amines is 1. The lowest BCUT2D eigenvalue weighted by atomic mass is 9.83. The molecule has 106 valence electrons. The quantitative estimate of drug-likeness (QED) is 0.877. The summed E-state index contributed by atoms with van der Waals surface area (Å²) in [5.74, 6) is 1.56. The highest BCUT2D eigenvalue weighted by molar-refractivity contribution is 5.97. The van der Waals surface area contributed by atoms with Crippen molar-refractivity contribution < 1.29 is 4.79 Å². The zero-order valence-corrected chi connectivity index (χ0v) is 12.0. The van der Waals surface area contributed by atoms with Crippen molar-refractivity contribution in [2.45, 2.75) is 32.6 Å². The Hall–Kier alpha value is -1.77. The average molecular weight is 270 g/mol. The normalized spacial score (nSPS) is 22.9. The van der Waals surface area contributed by atoms with Gasteiger partial charge in [-0.15, -0.1) is 0 Å². The van der Waals surface area contributed by atoms with Gasteiger partial charge in [0, 0.05) is 23.8 Å². The van der Waals surface area contributed by atoms with Crippen LogP contribution in [0.5, 0.6) is 0 Å². The Morgan fingerprint density at radius 2 is 2.05 bits per heavy atom. The van der Waals surface area contributed by atoms with Gasteiger partial charge in [-0.25, -0.2) is 0 Å². The molecule has 0 unspecified atom stereocenters. The summed E-state index contributed by atoms with van der Waals surface area (Å²) in [4.78, 5) is 15.3. The van der Waals surface area contributed by atoms with Gasteiger partial charge in [0.05, 0.1) is 0 Å². The van der Waals surface area contributed by atoms with E-state index < -0.39 is 0 Å². The second-order valence-corrected chi connectivity index (χ2v) is 6.12. The maximum atomic E-state index is 12.2. The van der Waals surface area contributed by atoms with E-state index >= 15 is 0 Å². The fourth-order valence-corrected chi connectivity index (χ4v) is 3.06. The summed E-state index contributed by atoms with van der Waals surface area (Å²) in [5, 5.41) is 4.23. The summed E-state index contributed by atoms with van der Waals surface area (Å²) >= 11 is 0. The number of carbonyl (C=O) groups is 1. The molecular weight excluding hydrogens is 248 g/mol. The minimum absolute atomic E-state index is 0.0418. The number of rotatable bonds is 3. The van der Waals surface area contributed by atoms with Gasteiger partial charge < -0.3 is 10.3 Å². The van der Waals surface area contributed by atoms with Crippen LogP contribution < -0.4 is 5.32 Å². The minimum atomic E-state index is 0.0418. The molecule has 20 heavy (non-hydrogen) atoms. The van der Waals surface area contributed by atoms with Gasteiger partial charge >= 0.3 is 0 Å². The first kappa shape index (κ1) is 13.2. The number of benzene rings is 1. The first-order chi connectivity index (χ1) is 9.72. The number of carbonyl (C=O) groups excluding carboxylic acids is 1. The SMILES string of the molecule is CC1CCC(CNC(=O)c2ccc3cc[nH]c3c2)CC1. The summed E-state index contributed by atoms with van der Waals surface area (Å²) in [6.07, 6.45) is 6.99. The molecule has 1 aromatic carbocycles. The average Bonchev–Trinajstić information content (AvgIpc) is 2.93. The first-order valence-electron chi connectivity index (χ1n) is 7.57. The van der Waals surface area contributed by atoms with Crippen LogP contribution in [0.4, 0.5) is 0 Å². The molecule has 1 amide bonds. The molecule has 3 nitrogen and oxygen atoms in total. The van der Waals surface area contributed by atoms with Crippen LogP contribution in [0, 0.1) is 11.8 Å². The molecule has 0 saturated heterocycles. The predicted molar refractivity (Wildman–Crippen MR) is 81.8 cm³/mol. The molecule has 0 aliphatic heterocycles. The van der Waals surface area contributed by atoms with E-state index in [1.54, 1.807) is 0 Å². The minimum Gasteiger partial charge on any atom is -0.361 e. The van der Waals surface area contributed by atoms with Gasteiger partial charge in [0.2, 0.25) is 0 Å². The zero-order chi connectivity index (χ0) is 13.9. The third-order valence-electron chi connectivity index (χ3n) is 4.50. The fraction of sp³-hybridized carbons (Fsp3) is 0.471. The molecule has 1 aliphatic carbocycles. The molecular formula is C17H22N2O. The number of hydrogen-bond acceptors (Lipinski definition) is 1. The van der Waals surface area contributed by atoms with E-state index in [0.29, 0.717) is 5.92 Å². The number of amides is 1. The third kappa shape index (κ3) is 2.87. The van der Waals surface area contributed by atoms with Crippen molar-refractivity contribution in [2.24, 2.45) is 11.8 Å². The fourth-order valence-electron chi connectivity index (χ4n) is 3.06. The molecule has 2 N–H and O–H groups in total. The van der Waals surface area contributed by atoms with E-state index in [4.69, 9.17) is 0 Å². The Morgan fingerprint density at radius 1 is 1.25 bits per heavy atom. The Kier molecular flexibility index (Phi) is 3.77. The third-order valence-corrected chi connectivity index (χ3v) is 4.50. The molecule has 1 heterocycles. The van der Waals surface area contributed by atoms with Crippen LogP contribution in [0.3, 0.4) is 0 Å². The molecule has 3 rings (SSSR count). The van der Waals surface area contributed by atoms with Gasteiger partial charge in [-0.3, -0.25) is 4.79 Å². The first-order valence-corrected chi connectivity index (χ1v) is 7.57. The second kappa shape index (κ2) is 5.70. The molecule has 0 spiro atoms. The summed E-state index contributed by atoms with van der Waals surface area (Å²) in [6.45, 7) is 3.13. The van der Waals surface area contributed by atoms with E-state index in [-0.39, 0.29) is 5.91 Å². The summed E-state index contributed by atoms with van der Waals surface area (Å²) in [5.41, 5.74) is 1.76. The summed E-state index contributed by atoms with van der Waals surface area (Å²) in [7, 11) is 0. The predicted octanol–water partition coefficient (Wildman–Crippen LogP) is 3.72. The maximum absolute atomic E-state index is 12.2. The van der Waals surface area contributed by atoms with Crippen LogP contribution >= 0.6 is 0 Å². The second-order valence-electron chi connectivity index (χ2n) is 6.12. The molecule has 0 bridgehead atoms. The van der Waals surface area contributed by atoms with Crippen molar-refractivity contribution in [3.63, 3.8) is 0 Å². The van der Waals surface area contributed by atoms with Crippen molar-refractivity contribution in [3.8, 4) is 0 Å². The Morgan fingerprint density at radius 3 is 2.85 bits per heavy atom. The number of H-pyrrole nitrogens is 1. The van der Waals surface area contributed by atoms with Gasteiger partial charge in [0.15, 0.2) is 0 Å². The molecule has 1 saturated carbocycles. The Balaban J connectivity index is 1.58. The van der Waals surface area contributed by atoms with E-state index in [9.17, 15) is 4.79 Å². The molecule has 1 aromatic heterocycles. The number of hydrogen-bond donors (Lipinski definition) is 2. The molecule has 0 radical (unpaired) electrons. The van der Waals surface area contributed by atoms with E-state index in [1.807, 2.05) is 30.5 Å². The highest BCUT2D eigenvalue weighted by Crippen LogP contribution is 2.27. The molecule has 1 aliphatic rings. The molecule has 0 atom stereocenters. The van der Waals surface area contributed by atoms with Crippen LogP contribution in [0.1, 0.15) is 43.0 Å². The van der Waals surface area contributed by atoms with Crippen LogP contribution in [0.15, 0.2) is 30.5 Å². The van der Waals surface area contributed by atoms with Crippen molar-refractivity contribution in [2.75, 3.05) is 6.54 Å². The lowest BCUT2D eigenvalue weighted by Gasteiger charge is -2.26. The molecule has 3 heteroatoms. The van der Waals surface area contributed by atoms with Gasteiger partial charge in [-0.1, -0.05) is 25.8 Å². The largest absolute Gasteiger partial charge is 0.361 e. The summed E-state index contributed by atoms with van der Waals surface area (Å²) < 4.78 is 0. The molecule has 1 fully saturated rings. The monoisotopic (exact) mass is 270 g/mol.